The molecule has 0 amide bonds. The summed E-state index contributed by atoms with van der Waals surface area (Å²) in [6.07, 6.45) is 5.75. The number of hydrogen-bond acceptors (Lipinski definition) is 5. The Bertz CT molecular complexity index is 463. The highest BCUT2D eigenvalue weighted by Gasteiger charge is 2.22. The van der Waals surface area contributed by atoms with Crippen molar-refractivity contribution < 1.29 is 14.2 Å². The first kappa shape index (κ1) is 13.9. The van der Waals surface area contributed by atoms with Gasteiger partial charge in [-0.25, -0.2) is 0 Å². The largest absolute Gasteiger partial charge is 0.493 e. The van der Waals surface area contributed by atoms with Crippen LogP contribution in [-0.4, -0.2) is 31.5 Å². The molecule has 1 aliphatic heterocycles. The lowest BCUT2D eigenvalue weighted by Gasteiger charge is -2.13. The maximum absolute atomic E-state index is 5.93. The molecule has 1 saturated carbocycles. The predicted octanol–water partition coefficient (Wildman–Crippen LogP) is 2.80. The highest BCUT2D eigenvalue weighted by atomic mass is 32.2. The van der Waals surface area contributed by atoms with E-state index in [-0.39, 0.29) is 0 Å². The van der Waals surface area contributed by atoms with Gasteiger partial charge in [0.05, 0.1) is 6.61 Å². The van der Waals surface area contributed by atoms with Crippen LogP contribution in [0.1, 0.15) is 24.8 Å². The molecule has 3 rings (SSSR count). The molecule has 2 aliphatic rings. The van der Waals surface area contributed by atoms with Crippen LogP contribution in [0.3, 0.4) is 0 Å². The van der Waals surface area contributed by atoms with Crippen LogP contribution >= 0.6 is 11.8 Å². The Morgan fingerprint density at radius 2 is 2.10 bits per heavy atom. The van der Waals surface area contributed by atoms with Gasteiger partial charge >= 0.3 is 0 Å². The molecule has 110 valence electrons. The van der Waals surface area contributed by atoms with E-state index in [2.05, 4.69) is 11.6 Å². The Kier molecular flexibility index (Phi) is 4.58. The van der Waals surface area contributed by atoms with Gasteiger partial charge in [0.2, 0.25) is 6.79 Å². The van der Waals surface area contributed by atoms with Crippen molar-refractivity contribution >= 4 is 11.8 Å². The number of benzene rings is 1. The van der Waals surface area contributed by atoms with Crippen LogP contribution in [0.4, 0.5) is 0 Å². The summed E-state index contributed by atoms with van der Waals surface area (Å²) < 4.78 is 16.8. The van der Waals surface area contributed by atoms with Crippen molar-refractivity contribution in [3.63, 3.8) is 0 Å². The molecule has 1 aromatic carbocycles. The summed E-state index contributed by atoms with van der Waals surface area (Å²) in [5.41, 5.74) is 1.16. The normalized spacial score (nSPS) is 16.4. The number of rotatable bonds is 8. The quantitative estimate of drug-likeness (QED) is 0.747. The molecule has 0 atom stereocenters. The molecule has 0 bridgehead atoms. The zero-order valence-corrected chi connectivity index (χ0v) is 12.6. The van der Waals surface area contributed by atoms with E-state index in [1.807, 2.05) is 23.9 Å². The Hall–Kier alpha value is -1.07. The summed E-state index contributed by atoms with van der Waals surface area (Å²) in [6, 6.07) is 4.69. The van der Waals surface area contributed by atoms with Crippen molar-refractivity contribution in [3.8, 4) is 17.2 Å². The maximum Gasteiger partial charge on any atom is 0.231 e. The van der Waals surface area contributed by atoms with Crippen LogP contribution in [0.25, 0.3) is 0 Å². The molecule has 0 saturated heterocycles. The Morgan fingerprint density at radius 3 is 2.85 bits per heavy atom. The second kappa shape index (κ2) is 6.59. The minimum Gasteiger partial charge on any atom is -0.493 e. The Labute approximate surface area is 124 Å². The minimum absolute atomic E-state index is 0.306. The van der Waals surface area contributed by atoms with E-state index in [1.165, 1.54) is 12.8 Å². The Morgan fingerprint density at radius 1 is 1.30 bits per heavy atom. The lowest BCUT2D eigenvalue weighted by molar-refractivity contribution is 0.173. The SMILES string of the molecule is CSCCCOc1cc2c(cc1CNC1CC1)OCO2. The second-order valence-corrected chi connectivity index (χ2v) is 6.15. The van der Waals surface area contributed by atoms with Crippen LogP contribution in [0.2, 0.25) is 0 Å². The number of nitrogens with one attached hydrogen (secondary N) is 1. The van der Waals surface area contributed by atoms with Gasteiger partial charge in [-0.05, 0) is 37.3 Å². The van der Waals surface area contributed by atoms with E-state index in [1.54, 1.807) is 0 Å². The zero-order chi connectivity index (χ0) is 13.8. The zero-order valence-electron chi connectivity index (χ0n) is 11.8. The molecule has 1 aliphatic carbocycles. The molecule has 0 aromatic heterocycles. The van der Waals surface area contributed by atoms with Crippen molar-refractivity contribution in [2.45, 2.75) is 31.8 Å². The van der Waals surface area contributed by atoms with Gasteiger partial charge in [0, 0.05) is 24.2 Å². The fraction of sp³-hybridized carbons (Fsp3) is 0.600. The molecule has 20 heavy (non-hydrogen) atoms. The van der Waals surface area contributed by atoms with Crippen molar-refractivity contribution in [3.05, 3.63) is 17.7 Å². The van der Waals surface area contributed by atoms with E-state index in [0.29, 0.717) is 12.8 Å². The molecule has 0 radical (unpaired) electrons. The standard InChI is InChI=1S/C15H21NO3S/c1-20-6-2-5-17-13-8-15-14(18-10-19-15)7-11(13)9-16-12-3-4-12/h7-8,12,16H,2-6,9-10H2,1H3. The van der Waals surface area contributed by atoms with E-state index < -0.39 is 0 Å². The van der Waals surface area contributed by atoms with Crippen molar-refractivity contribution in [2.75, 3.05) is 25.4 Å². The fourth-order valence-corrected chi connectivity index (χ4v) is 2.57. The third kappa shape index (κ3) is 3.52. The van der Waals surface area contributed by atoms with Crippen molar-refractivity contribution in [1.82, 2.24) is 5.32 Å². The monoisotopic (exact) mass is 295 g/mol. The van der Waals surface area contributed by atoms with E-state index in [4.69, 9.17) is 14.2 Å². The fourth-order valence-electron chi connectivity index (χ4n) is 2.17. The number of fused-ring (bicyclic) bond motifs is 1. The summed E-state index contributed by atoms with van der Waals surface area (Å²) in [5.74, 6) is 3.66. The first-order valence-corrected chi connectivity index (χ1v) is 8.54. The predicted molar refractivity (Wildman–Crippen MR) is 80.9 cm³/mol. The molecule has 4 nitrogen and oxygen atoms in total. The lowest BCUT2D eigenvalue weighted by Crippen LogP contribution is -2.16. The van der Waals surface area contributed by atoms with Crippen LogP contribution in [0.5, 0.6) is 17.2 Å². The van der Waals surface area contributed by atoms with Crippen LogP contribution in [-0.2, 0) is 6.54 Å². The lowest BCUT2D eigenvalue weighted by atomic mass is 10.1. The third-order valence-corrected chi connectivity index (χ3v) is 4.16. The summed E-state index contributed by atoms with van der Waals surface area (Å²) >= 11 is 1.85. The summed E-state index contributed by atoms with van der Waals surface area (Å²) in [6.45, 7) is 1.89. The number of thioether (sulfide) groups is 1. The first-order valence-electron chi connectivity index (χ1n) is 7.14. The summed E-state index contributed by atoms with van der Waals surface area (Å²) in [4.78, 5) is 0. The van der Waals surface area contributed by atoms with Gasteiger partial charge < -0.3 is 19.5 Å². The maximum atomic E-state index is 5.93. The highest BCUT2D eigenvalue weighted by Crippen LogP contribution is 2.38. The number of ether oxygens (including phenoxy) is 3. The smallest absolute Gasteiger partial charge is 0.231 e. The Balaban J connectivity index is 1.67. The molecule has 1 heterocycles. The molecular weight excluding hydrogens is 274 g/mol. The summed E-state index contributed by atoms with van der Waals surface area (Å²) in [5, 5.41) is 3.53. The van der Waals surface area contributed by atoms with Gasteiger partial charge in [-0.1, -0.05) is 0 Å². The minimum atomic E-state index is 0.306. The van der Waals surface area contributed by atoms with Gasteiger partial charge in [0.15, 0.2) is 11.5 Å². The molecule has 0 spiro atoms. The summed E-state index contributed by atoms with van der Waals surface area (Å²) in [7, 11) is 0. The first-order chi connectivity index (χ1) is 9.86. The van der Waals surface area contributed by atoms with E-state index in [0.717, 1.165) is 48.1 Å². The molecule has 5 heteroatoms. The van der Waals surface area contributed by atoms with Crippen molar-refractivity contribution in [2.24, 2.45) is 0 Å². The molecule has 0 unspecified atom stereocenters. The average Bonchev–Trinajstić information content (AvgIpc) is 3.18. The van der Waals surface area contributed by atoms with Crippen LogP contribution in [0.15, 0.2) is 12.1 Å². The van der Waals surface area contributed by atoms with Gasteiger partial charge in [-0.15, -0.1) is 0 Å². The van der Waals surface area contributed by atoms with Gasteiger partial charge in [0.25, 0.3) is 0 Å². The topological polar surface area (TPSA) is 39.7 Å². The molecule has 1 fully saturated rings. The molecular formula is C15H21NO3S. The van der Waals surface area contributed by atoms with Crippen LogP contribution < -0.4 is 19.5 Å². The van der Waals surface area contributed by atoms with E-state index >= 15 is 0 Å². The second-order valence-electron chi connectivity index (χ2n) is 5.16. The third-order valence-electron chi connectivity index (χ3n) is 3.46. The van der Waals surface area contributed by atoms with Crippen LogP contribution in [0, 0.1) is 0 Å². The molecule has 1 aromatic rings. The number of hydrogen-bond donors (Lipinski definition) is 1. The van der Waals surface area contributed by atoms with Gasteiger partial charge in [-0.3, -0.25) is 0 Å². The molecule has 1 N–H and O–H groups in total. The van der Waals surface area contributed by atoms with E-state index in [9.17, 15) is 0 Å². The van der Waals surface area contributed by atoms with Gasteiger partial charge in [0.1, 0.15) is 5.75 Å². The average molecular weight is 295 g/mol. The van der Waals surface area contributed by atoms with Gasteiger partial charge in [-0.2, -0.15) is 11.8 Å². The van der Waals surface area contributed by atoms with Crippen molar-refractivity contribution in [1.29, 1.82) is 0 Å². The highest BCUT2D eigenvalue weighted by molar-refractivity contribution is 7.98.